The Kier molecular flexibility index (Phi) is 5.17. The average Bonchev–Trinajstić information content (AvgIpc) is 2.34. The molecule has 0 aliphatic carbocycles. The molecule has 0 bridgehead atoms. The molecule has 0 aliphatic rings. The van der Waals surface area contributed by atoms with Crippen LogP contribution in [-0.2, 0) is 0 Å². The van der Waals surface area contributed by atoms with E-state index in [0.717, 1.165) is 6.42 Å². The van der Waals surface area contributed by atoms with Gasteiger partial charge in [0.1, 0.15) is 0 Å². The second-order valence-electron chi connectivity index (χ2n) is 6.10. The van der Waals surface area contributed by atoms with E-state index in [2.05, 4.69) is 5.32 Å². The fourth-order valence-corrected chi connectivity index (χ4v) is 1.58. The molecule has 0 atom stereocenters. The van der Waals surface area contributed by atoms with Crippen molar-refractivity contribution in [3.63, 3.8) is 0 Å². The van der Waals surface area contributed by atoms with Gasteiger partial charge < -0.3 is 15.2 Å². The van der Waals surface area contributed by atoms with E-state index < -0.39 is 16.1 Å². The highest BCUT2D eigenvalue weighted by Crippen LogP contribution is 2.33. The summed E-state index contributed by atoms with van der Waals surface area (Å²) in [6.45, 7) is 9.49. The molecule has 6 heteroatoms. The summed E-state index contributed by atoms with van der Waals surface area (Å²) >= 11 is 0. The Morgan fingerprint density at radius 1 is 1.33 bits per heavy atom. The van der Waals surface area contributed by atoms with Gasteiger partial charge in [-0.15, -0.1) is 0 Å². The summed E-state index contributed by atoms with van der Waals surface area (Å²) in [7, 11) is 0. The summed E-state index contributed by atoms with van der Waals surface area (Å²) < 4.78 is 5.44. The Bertz CT molecular complexity index is 507. The lowest BCUT2D eigenvalue weighted by molar-refractivity contribution is -0.385. The smallest absolute Gasteiger partial charge is 0.311 e. The van der Waals surface area contributed by atoms with Gasteiger partial charge in [0, 0.05) is 17.8 Å². The van der Waals surface area contributed by atoms with Gasteiger partial charge in [-0.25, -0.2) is 0 Å². The Balaban J connectivity index is 3.08. The van der Waals surface area contributed by atoms with Crippen LogP contribution in [-0.4, -0.2) is 27.8 Å². The first kappa shape index (κ1) is 17.2. The maximum atomic E-state index is 11.0. The van der Waals surface area contributed by atoms with Gasteiger partial charge in [0.15, 0.2) is 5.75 Å². The molecule has 0 amide bonds. The van der Waals surface area contributed by atoms with Crippen LogP contribution in [0.3, 0.4) is 0 Å². The monoisotopic (exact) mass is 296 g/mol. The lowest BCUT2D eigenvalue weighted by Gasteiger charge is -2.38. The SMILES string of the molecule is CCCOc1cc(NC(C)(C)C(C)(C)O)ccc1[N+](=O)[O-]. The quantitative estimate of drug-likeness (QED) is 0.595. The molecule has 118 valence electrons. The second-order valence-corrected chi connectivity index (χ2v) is 6.10. The van der Waals surface area contributed by atoms with Crippen molar-refractivity contribution in [3.05, 3.63) is 28.3 Å². The van der Waals surface area contributed by atoms with E-state index in [1.54, 1.807) is 26.0 Å². The first-order chi connectivity index (χ1) is 9.58. The van der Waals surface area contributed by atoms with E-state index in [1.165, 1.54) is 6.07 Å². The highest BCUT2D eigenvalue weighted by molar-refractivity contribution is 5.59. The first-order valence-corrected chi connectivity index (χ1v) is 7.00. The third kappa shape index (κ3) is 4.32. The van der Waals surface area contributed by atoms with Crippen molar-refractivity contribution >= 4 is 11.4 Å². The number of aliphatic hydroxyl groups is 1. The van der Waals surface area contributed by atoms with Gasteiger partial charge in [0.2, 0.25) is 0 Å². The van der Waals surface area contributed by atoms with Crippen molar-refractivity contribution in [3.8, 4) is 5.75 Å². The molecular formula is C15H24N2O4. The molecule has 0 saturated heterocycles. The minimum Gasteiger partial charge on any atom is -0.487 e. The third-order valence-corrected chi connectivity index (χ3v) is 3.60. The van der Waals surface area contributed by atoms with E-state index in [4.69, 9.17) is 4.74 Å². The fraction of sp³-hybridized carbons (Fsp3) is 0.600. The predicted octanol–water partition coefficient (Wildman–Crippen LogP) is 3.35. The normalized spacial score (nSPS) is 12.1. The number of nitro benzene ring substituents is 1. The Morgan fingerprint density at radius 3 is 2.43 bits per heavy atom. The molecule has 0 spiro atoms. The van der Waals surface area contributed by atoms with Crippen LogP contribution >= 0.6 is 0 Å². The van der Waals surface area contributed by atoms with E-state index in [-0.39, 0.29) is 11.4 Å². The summed E-state index contributed by atoms with van der Waals surface area (Å²) in [5, 5.41) is 24.4. The summed E-state index contributed by atoms with van der Waals surface area (Å²) in [5.74, 6) is 0.235. The zero-order valence-electron chi connectivity index (χ0n) is 13.3. The van der Waals surface area contributed by atoms with Crippen molar-refractivity contribution in [1.29, 1.82) is 0 Å². The first-order valence-electron chi connectivity index (χ1n) is 7.00. The standard InChI is InChI=1S/C15H24N2O4/c1-6-9-21-13-10-11(7-8-12(13)17(19)20)16-14(2,3)15(4,5)18/h7-8,10,16,18H,6,9H2,1-5H3. The number of ether oxygens (including phenoxy) is 1. The molecule has 0 saturated carbocycles. The van der Waals surface area contributed by atoms with Crippen LogP contribution in [0.15, 0.2) is 18.2 Å². The molecular weight excluding hydrogens is 272 g/mol. The Labute approximate surface area is 125 Å². The number of anilines is 1. The minimum absolute atomic E-state index is 0.0601. The van der Waals surface area contributed by atoms with Crippen molar-refractivity contribution in [2.75, 3.05) is 11.9 Å². The van der Waals surface area contributed by atoms with Crippen LogP contribution in [0.2, 0.25) is 0 Å². The molecule has 1 aromatic rings. The van der Waals surface area contributed by atoms with Crippen LogP contribution in [0.25, 0.3) is 0 Å². The van der Waals surface area contributed by atoms with Crippen molar-refractivity contribution < 1.29 is 14.8 Å². The van der Waals surface area contributed by atoms with Crippen LogP contribution in [0.4, 0.5) is 11.4 Å². The van der Waals surface area contributed by atoms with E-state index in [0.29, 0.717) is 12.3 Å². The minimum atomic E-state index is -0.959. The molecule has 0 aliphatic heterocycles. The second kappa shape index (κ2) is 6.30. The number of hydrogen-bond acceptors (Lipinski definition) is 5. The summed E-state index contributed by atoms with van der Waals surface area (Å²) in [4.78, 5) is 10.5. The van der Waals surface area contributed by atoms with Gasteiger partial charge in [-0.3, -0.25) is 10.1 Å². The highest BCUT2D eigenvalue weighted by atomic mass is 16.6. The van der Waals surface area contributed by atoms with Crippen LogP contribution in [0.1, 0.15) is 41.0 Å². The summed E-state index contributed by atoms with van der Waals surface area (Å²) in [6.07, 6.45) is 0.768. The highest BCUT2D eigenvalue weighted by Gasteiger charge is 2.35. The van der Waals surface area contributed by atoms with Crippen molar-refractivity contribution in [2.45, 2.75) is 52.2 Å². The number of rotatable bonds is 7. The maximum absolute atomic E-state index is 11.0. The molecule has 21 heavy (non-hydrogen) atoms. The van der Waals surface area contributed by atoms with Gasteiger partial charge in [-0.2, -0.15) is 0 Å². The average molecular weight is 296 g/mol. The predicted molar refractivity (Wildman–Crippen MR) is 82.9 cm³/mol. The zero-order valence-corrected chi connectivity index (χ0v) is 13.3. The van der Waals surface area contributed by atoms with E-state index >= 15 is 0 Å². The molecule has 6 nitrogen and oxygen atoms in total. The number of benzene rings is 1. The third-order valence-electron chi connectivity index (χ3n) is 3.60. The van der Waals surface area contributed by atoms with E-state index in [1.807, 2.05) is 20.8 Å². The van der Waals surface area contributed by atoms with Crippen LogP contribution in [0.5, 0.6) is 5.75 Å². The van der Waals surface area contributed by atoms with Gasteiger partial charge in [0.05, 0.1) is 22.7 Å². The van der Waals surface area contributed by atoms with Gasteiger partial charge in [-0.05, 0) is 40.2 Å². The van der Waals surface area contributed by atoms with Gasteiger partial charge >= 0.3 is 5.69 Å². The molecule has 2 N–H and O–H groups in total. The maximum Gasteiger partial charge on any atom is 0.311 e. The molecule has 0 fully saturated rings. The topological polar surface area (TPSA) is 84.6 Å². The molecule has 1 aromatic carbocycles. The van der Waals surface area contributed by atoms with Crippen LogP contribution < -0.4 is 10.1 Å². The molecule has 1 rings (SSSR count). The van der Waals surface area contributed by atoms with Gasteiger partial charge in [-0.1, -0.05) is 6.92 Å². The summed E-state index contributed by atoms with van der Waals surface area (Å²) in [5.41, 5.74) is -0.960. The van der Waals surface area contributed by atoms with Crippen molar-refractivity contribution in [1.82, 2.24) is 0 Å². The molecule has 0 heterocycles. The van der Waals surface area contributed by atoms with Crippen molar-refractivity contribution in [2.24, 2.45) is 0 Å². The molecule has 0 radical (unpaired) electrons. The number of nitrogens with zero attached hydrogens (tertiary/aromatic N) is 1. The largest absolute Gasteiger partial charge is 0.487 e. The number of nitrogens with one attached hydrogen (secondary N) is 1. The van der Waals surface area contributed by atoms with Gasteiger partial charge in [0.25, 0.3) is 0 Å². The molecule has 0 unspecified atom stereocenters. The lowest BCUT2D eigenvalue weighted by atomic mass is 9.86. The fourth-order valence-electron chi connectivity index (χ4n) is 1.58. The Morgan fingerprint density at radius 2 is 1.95 bits per heavy atom. The number of hydrogen-bond donors (Lipinski definition) is 2. The zero-order chi connectivity index (χ0) is 16.3. The molecule has 0 aromatic heterocycles. The lowest BCUT2D eigenvalue weighted by Crippen LogP contribution is -2.51. The summed E-state index contributed by atoms with van der Waals surface area (Å²) in [6, 6.07) is 4.62. The van der Waals surface area contributed by atoms with E-state index in [9.17, 15) is 15.2 Å². The Hall–Kier alpha value is -1.82. The van der Waals surface area contributed by atoms with Crippen LogP contribution in [0, 0.1) is 10.1 Å². The number of nitro groups is 1.